The fourth-order valence-electron chi connectivity index (χ4n) is 4.50. The lowest BCUT2D eigenvalue weighted by atomic mass is 9.97. The van der Waals surface area contributed by atoms with Gasteiger partial charge in [0.25, 0.3) is 0 Å². The maximum atomic E-state index is 12.5. The van der Waals surface area contributed by atoms with Gasteiger partial charge >= 0.3 is 5.69 Å². The highest BCUT2D eigenvalue weighted by molar-refractivity contribution is 5.75. The molecule has 1 aliphatic heterocycles. The van der Waals surface area contributed by atoms with E-state index in [1.807, 2.05) is 54.0 Å². The number of H-pyrrole nitrogens is 1. The first-order chi connectivity index (χ1) is 14.5. The number of hydrogen-bond acceptors (Lipinski definition) is 5. The Morgan fingerprint density at radius 1 is 1.07 bits per heavy atom. The van der Waals surface area contributed by atoms with Gasteiger partial charge in [-0.15, -0.1) is 0 Å². The van der Waals surface area contributed by atoms with Crippen LogP contribution in [0.5, 0.6) is 11.5 Å². The molecule has 7 nitrogen and oxygen atoms in total. The molecule has 7 heteroatoms. The summed E-state index contributed by atoms with van der Waals surface area (Å²) < 4.78 is 12.5. The minimum absolute atomic E-state index is 0.0481. The van der Waals surface area contributed by atoms with Crippen molar-refractivity contribution in [2.45, 2.75) is 38.0 Å². The maximum Gasteiger partial charge on any atom is 0.326 e. The zero-order valence-electron chi connectivity index (χ0n) is 17.7. The fourth-order valence-corrected chi connectivity index (χ4v) is 4.50. The van der Waals surface area contributed by atoms with Gasteiger partial charge < -0.3 is 19.6 Å². The van der Waals surface area contributed by atoms with E-state index < -0.39 is 6.10 Å². The number of aromatic nitrogens is 2. The standard InChI is InChI=1S/C23H29N3O4/c1-15(22(27)16-8-9-20(29-2)21(14-16)30-3)25-12-10-17(11-13-25)26-19-7-5-4-6-18(19)24-23(26)28/h4-9,14-15,17,22,27H,10-13H2,1-3H3,(H,24,28)/t15-,22-/m0/s1. The third kappa shape index (κ3) is 3.70. The van der Waals surface area contributed by atoms with Crippen molar-refractivity contribution < 1.29 is 14.6 Å². The second kappa shape index (κ2) is 8.53. The molecule has 2 heterocycles. The van der Waals surface area contributed by atoms with E-state index in [9.17, 15) is 9.90 Å². The van der Waals surface area contributed by atoms with Gasteiger partial charge in [-0.1, -0.05) is 18.2 Å². The first-order valence-electron chi connectivity index (χ1n) is 10.4. The molecule has 1 aliphatic rings. The second-order valence-corrected chi connectivity index (χ2v) is 7.88. The summed E-state index contributed by atoms with van der Waals surface area (Å²) >= 11 is 0. The van der Waals surface area contributed by atoms with E-state index in [1.165, 1.54) is 0 Å². The summed E-state index contributed by atoms with van der Waals surface area (Å²) in [6, 6.07) is 13.5. The van der Waals surface area contributed by atoms with Crippen LogP contribution in [0.1, 0.15) is 37.5 Å². The Balaban J connectivity index is 1.46. The summed E-state index contributed by atoms with van der Waals surface area (Å²) in [6.07, 6.45) is 1.09. The molecular formula is C23H29N3O4. The molecule has 0 unspecified atom stereocenters. The highest BCUT2D eigenvalue weighted by Crippen LogP contribution is 2.33. The van der Waals surface area contributed by atoms with Crippen molar-refractivity contribution in [3.8, 4) is 11.5 Å². The van der Waals surface area contributed by atoms with Crippen molar-refractivity contribution in [2.75, 3.05) is 27.3 Å². The third-order valence-corrected chi connectivity index (χ3v) is 6.27. The Labute approximate surface area is 175 Å². The normalized spacial score (nSPS) is 17.7. The molecule has 30 heavy (non-hydrogen) atoms. The molecule has 2 aromatic carbocycles. The highest BCUT2D eigenvalue weighted by atomic mass is 16.5. The number of ether oxygens (including phenoxy) is 2. The summed E-state index contributed by atoms with van der Waals surface area (Å²) in [5, 5.41) is 11.0. The predicted molar refractivity (Wildman–Crippen MR) is 116 cm³/mol. The molecule has 1 fully saturated rings. The molecule has 0 spiro atoms. The first-order valence-corrected chi connectivity index (χ1v) is 10.4. The van der Waals surface area contributed by atoms with Gasteiger partial charge in [0, 0.05) is 25.2 Å². The third-order valence-electron chi connectivity index (χ3n) is 6.27. The number of nitrogens with zero attached hydrogens (tertiary/aromatic N) is 2. The van der Waals surface area contributed by atoms with Crippen molar-refractivity contribution in [1.82, 2.24) is 14.5 Å². The van der Waals surface area contributed by atoms with E-state index in [0.717, 1.165) is 42.5 Å². The number of aliphatic hydroxyl groups is 1. The van der Waals surface area contributed by atoms with Crippen LogP contribution in [0.2, 0.25) is 0 Å². The van der Waals surface area contributed by atoms with Crippen LogP contribution < -0.4 is 15.2 Å². The number of benzene rings is 2. The summed E-state index contributed by atoms with van der Waals surface area (Å²) in [5.41, 5.74) is 2.59. The zero-order chi connectivity index (χ0) is 21.3. The van der Waals surface area contributed by atoms with Gasteiger partial charge in [0.15, 0.2) is 11.5 Å². The second-order valence-electron chi connectivity index (χ2n) is 7.88. The number of para-hydroxylation sites is 2. The summed E-state index contributed by atoms with van der Waals surface area (Å²) in [5.74, 6) is 1.25. The lowest BCUT2D eigenvalue weighted by Crippen LogP contribution is -2.44. The lowest BCUT2D eigenvalue weighted by Gasteiger charge is -2.38. The largest absolute Gasteiger partial charge is 0.493 e. The topological polar surface area (TPSA) is 79.7 Å². The quantitative estimate of drug-likeness (QED) is 0.652. The molecule has 4 rings (SSSR count). The van der Waals surface area contributed by atoms with Gasteiger partial charge in [0.05, 0.1) is 31.4 Å². The number of imidazole rings is 1. The number of fused-ring (bicyclic) bond motifs is 1. The van der Waals surface area contributed by atoms with E-state index in [4.69, 9.17) is 9.47 Å². The molecule has 2 atom stereocenters. The van der Waals surface area contributed by atoms with Crippen LogP contribution in [0, 0.1) is 0 Å². The van der Waals surface area contributed by atoms with E-state index >= 15 is 0 Å². The fraction of sp³-hybridized carbons (Fsp3) is 0.435. The molecule has 1 saturated heterocycles. The van der Waals surface area contributed by atoms with Crippen LogP contribution in [0.4, 0.5) is 0 Å². The van der Waals surface area contributed by atoms with Gasteiger partial charge in [-0.05, 0) is 49.6 Å². The van der Waals surface area contributed by atoms with Crippen molar-refractivity contribution in [2.24, 2.45) is 0 Å². The monoisotopic (exact) mass is 411 g/mol. The predicted octanol–water partition coefficient (Wildman–Crippen LogP) is 3.11. The number of piperidine rings is 1. The molecule has 1 aromatic heterocycles. The lowest BCUT2D eigenvalue weighted by molar-refractivity contribution is 0.0385. The van der Waals surface area contributed by atoms with Crippen LogP contribution >= 0.6 is 0 Å². The van der Waals surface area contributed by atoms with E-state index in [-0.39, 0.29) is 17.8 Å². The van der Waals surface area contributed by atoms with E-state index in [2.05, 4.69) is 9.88 Å². The number of rotatable bonds is 6. The molecule has 0 amide bonds. The summed E-state index contributed by atoms with van der Waals surface area (Å²) in [7, 11) is 3.19. The molecule has 0 bridgehead atoms. The Morgan fingerprint density at radius 3 is 2.47 bits per heavy atom. The number of aromatic amines is 1. The number of methoxy groups -OCH3 is 2. The van der Waals surface area contributed by atoms with Crippen LogP contribution in [-0.2, 0) is 0 Å². The smallest absolute Gasteiger partial charge is 0.326 e. The minimum atomic E-state index is -0.642. The number of aliphatic hydroxyl groups excluding tert-OH is 1. The molecule has 0 saturated carbocycles. The van der Waals surface area contributed by atoms with Crippen LogP contribution in [0.15, 0.2) is 47.3 Å². The average Bonchev–Trinajstić information content (AvgIpc) is 3.13. The van der Waals surface area contributed by atoms with Crippen LogP contribution in [0.3, 0.4) is 0 Å². The molecular weight excluding hydrogens is 382 g/mol. The molecule has 0 aliphatic carbocycles. The Hall–Kier alpha value is -2.77. The molecule has 160 valence electrons. The molecule has 2 N–H and O–H groups in total. The van der Waals surface area contributed by atoms with Crippen molar-refractivity contribution in [3.63, 3.8) is 0 Å². The highest BCUT2D eigenvalue weighted by Gasteiger charge is 2.29. The maximum absolute atomic E-state index is 12.5. The SMILES string of the molecule is COc1ccc([C@@H](O)[C@H](C)N2CCC(n3c(=O)[nH]c4ccccc43)CC2)cc1OC. The number of hydrogen-bond donors (Lipinski definition) is 2. The van der Waals surface area contributed by atoms with Gasteiger partial charge in [-0.3, -0.25) is 9.47 Å². The van der Waals surface area contributed by atoms with Gasteiger partial charge in [-0.25, -0.2) is 4.79 Å². The van der Waals surface area contributed by atoms with Crippen LogP contribution in [-0.4, -0.2) is 52.9 Å². The average molecular weight is 412 g/mol. The van der Waals surface area contributed by atoms with Gasteiger partial charge in [0.2, 0.25) is 0 Å². The van der Waals surface area contributed by atoms with Gasteiger partial charge in [0.1, 0.15) is 0 Å². The van der Waals surface area contributed by atoms with Crippen molar-refractivity contribution in [3.05, 3.63) is 58.5 Å². The summed E-state index contributed by atoms with van der Waals surface area (Å²) in [4.78, 5) is 17.7. The Kier molecular flexibility index (Phi) is 5.83. The van der Waals surface area contributed by atoms with E-state index in [0.29, 0.717) is 11.5 Å². The van der Waals surface area contributed by atoms with Crippen molar-refractivity contribution in [1.29, 1.82) is 0 Å². The molecule has 0 radical (unpaired) electrons. The minimum Gasteiger partial charge on any atom is -0.493 e. The number of nitrogens with one attached hydrogen (secondary N) is 1. The first kappa shape index (κ1) is 20.5. The van der Waals surface area contributed by atoms with Crippen LogP contribution in [0.25, 0.3) is 11.0 Å². The Bertz CT molecular complexity index is 1070. The Morgan fingerprint density at radius 2 is 1.77 bits per heavy atom. The number of likely N-dealkylation sites (tertiary alicyclic amines) is 1. The molecule has 3 aromatic rings. The van der Waals surface area contributed by atoms with E-state index in [1.54, 1.807) is 14.2 Å². The summed E-state index contributed by atoms with van der Waals surface area (Å²) in [6.45, 7) is 3.68. The van der Waals surface area contributed by atoms with Gasteiger partial charge in [-0.2, -0.15) is 0 Å². The zero-order valence-corrected chi connectivity index (χ0v) is 17.7. The van der Waals surface area contributed by atoms with Crippen molar-refractivity contribution >= 4 is 11.0 Å².